The molecule has 0 aliphatic carbocycles. The number of aryl methyl sites for hydroxylation is 1. The lowest BCUT2D eigenvalue weighted by Gasteiger charge is -2.41. The summed E-state index contributed by atoms with van der Waals surface area (Å²) < 4.78 is 93.4. The Morgan fingerprint density at radius 2 is 1.63 bits per heavy atom. The largest absolute Gasteiger partial charge is 0.416 e. The van der Waals surface area contributed by atoms with Crippen LogP contribution >= 0.6 is 0 Å². The van der Waals surface area contributed by atoms with Crippen molar-refractivity contribution in [3.05, 3.63) is 82.2 Å². The van der Waals surface area contributed by atoms with Gasteiger partial charge in [-0.1, -0.05) is 18.2 Å². The van der Waals surface area contributed by atoms with Crippen LogP contribution in [0, 0.1) is 12.7 Å². The summed E-state index contributed by atoms with van der Waals surface area (Å²) >= 11 is 0. The fourth-order valence-electron chi connectivity index (χ4n) is 4.25. The van der Waals surface area contributed by atoms with Crippen molar-refractivity contribution >= 4 is 6.03 Å². The third kappa shape index (κ3) is 5.79. The number of halogens is 7. The van der Waals surface area contributed by atoms with Gasteiger partial charge in [0.15, 0.2) is 0 Å². The number of carbonyl (C=O) groups excluding carboxylic acids is 1. The van der Waals surface area contributed by atoms with Gasteiger partial charge in [0.1, 0.15) is 5.82 Å². The SMILES string of the molecule is C=C1CCN(C(=O)N(C)C(C)c2cc(C(F)(F)F)cc(C(F)(F)F)c2)C(c2ccc(F)cc2C)C1. The monoisotopic (exact) mass is 502 g/mol. The van der Waals surface area contributed by atoms with Crippen molar-refractivity contribution in [2.24, 2.45) is 0 Å². The second kappa shape index (κ2) is 9.54. The molecule has 2 aromatic rings. The number of urea groups is 1. The summed E-state index contributed by atoms with van der Waals surface area (Å²) in [5.74, 6) is -0.436. The molecule has 190 valence electrons. The molecule has 0 aromatic heterocycles. The average molecular weight is 502 g/mol. The van der Waals surface area contributed by atoms with Gasteiger partial charge in [-0.2, -0.15) is 26.3 Å². The first-order chi connectivity index (χ1) is 16.1. The summed E-state index contributed by atoms with van der Waals surface area (Å²) in [7, 11) is 1.33. The van der Waals surface area contributed by atoms with Crippen molar-refractivity contribution in [1.82, 2.24) is 9.80 Å². The number of hydrogen-bond donors (Lipinski definition) is 0. The Bertz CT molecular complexity index is 1090. The van der Waals surface area contributed by atoms with Crippen LogP contribution in [-0.2, 0) is 12.4 Å². The van der Waals surface area contributed by atoms with E-state index in [-0.39, 0.29) is 18.2 Å². The molecule has 1 aliphatic heterocycles. The van der Waals surface area contributed by atoms with Crippen LogP contribution in [0.25, 0.3) is 0 Å². The number of benzene rings is 2. The summed E-state index contributed by atoms with van der Waals surface area (Å²) in [4.78, 5) is 16.1. The zero-order valence-corrected chi connectivity index (χ0v) is 19.4. The Balaban J connectivity index is 1.96. The fourth-order valence-corrected chi connectivity index (χ4v) is 4.25. The Kier molecular flexibility index (Phi) is 7.24. The van der Waals surface area contributed by atoms with E-state index < -0.39 is 47.4 Å². The standard InChI is InChI=1S/C25H25F7N2O/c1-14-7-8-34(22(9-14)21-6-5-20(26)10-15(21)2)23(35)33(4)16(3)17-11-18(24(27,28)29)13-19(12-17)25(30,31)32/h5-6,10-13,16,22H,1,7-9H2,2-4H3. The van der Waals surface area contributed by atoms with Crippen molar-refractivity contribution in [3.8, 4) is 0 Å². The first-order valence-electron chi connectivity index (χ1n) is 10.8. The molecule has 2 aromatic carbocycles. The lowest BCUT2D eigenvalue weighted by Crippen LogP contribution is -2.46. The van der Waals surface area contributed by atoms with E-state index in [1.807, 2.05) is 0 Å². The molecule has 10 heteroatoms. The Morgan fingerprint density at radius 3 is 2.14 bits per heavy atom. The van der Waals surface area contributed by atoms with Crippen LogP contribution in [0.5, 0.6) is 0 Å². The van der Waals surface area contributed by atoms with E-state index in [1.165, 1.54) is 31.0 Å². The predicted molar refractivity (Wildman–Crippen MR) is 117 cm³/mol. The summed E-state index contributed by atoms with van der Waals surface area (Å²) in [5, 5.41) is 0. The first-order valence-corrected chi connectivity index (χ1v) is 10.8. The molecule has 2 unspecified atom stereocenters. The van der Waals surface area contributed by atoms with E-state index in [0.29, 0.717) is 36.1 Å². The van der Waals surface area contributed by atoms with Gasteiger partial charge < -0.3 is 9.80 Å². The van der Waals surface area contributed by atoms with E-state index in [0.717, 1.165) is 10.5 Å². The van der Waals surface area contributed by atoms with E-state index in [4.69, 9.17) is 0 Å². The van der Waals surface area contributed by atoms with E-state index in [2.05, 4.69) is 6.58 Å². The van der Waals surface area contributed by atoms with E-state index in [1.54, 1.807) is 13.0 Å². The molecule has 35 heavy (non-hydrogen) atoms. The van der Waals surface area contributed by atoms with Crippen LogP contribution in [-0.4, -0.2) is 29.4 Å². The van der Waals surface area contributed by atoms with Gasteiger partial charge in [-0.15, -0.1) is 0 Å². The molecule has 2 atom stereocenters. The van der Waals surface area contributed by atoms with Crippen LogP contribution in [0.2, 0.25) is 0 Å². The zero-order chi connectivity index (χ0) is 26.3. The molecule has 3 nitrogen and oxygen atoms in total. The highest BCUT2D eigenvalue weighted by molar-refractivity contribution is 5.76. The summed E-state index contributed by atoms with van der Waals surface area (Å²) in [6.45, 7) is 7.31. The summed E-state index contributed by atoms with van der Waals surface area (Å²) in [6.07, 6.45) is -9.08. The van der Waals surface area contributed by atoms with Gasteiger partial charge in [0.05, 0.1) is 23.2 Å². The number of amides is 2. The van der Waals surface area contributed by atoms with Crippen molar-refractivity contribution in [3.63, 3.8) is 0 Å². The van der Waals surface area contributed by atoms with E-state index >= 15 is 0 Å². The minimum absolute atomic E-state index is 0.0572. The molecule has 0 saturated carbocycles. The van der Waals surface area contributed by atoms with Gasteiger partial charge in [-0.05, 0) is 73.7 Å². The van der Waals surface area contributed by atoms with Gasteiger partial charge in [-0.25, -0.2) is 9.18 Å². The van der Waals surface area contributed by atoms with Crippen LogP contribution in [0.3, 0.4) is 0 Å². The molecule has 0 bridgehead atoms. The Morgan fingerprint density at radius 1 is 1.06 bits per heavy atom. The van der Waals surface area contributed by atoms with Gasteiger partial charge >= 0.3 is 18.4 Å². The quantitative estimate of drug-likeness (QED) is 0.312. The molecule has 1 heterocycles. The van der Waals surface area contributed by atoms with Gasteiger partial charge in [-0.3, -0.25) is 0 Å². The molecule has 0 N–H and O–H groups in total. The number of hydrogen-bond acceptors (Lipinski definition) is 1. The summed E-state index contributed by atoms with van der Waals surface area (Å²) in [5.41, 5.74) is -0.982. The van der Waals surface area contributed by atoms with Gasteiger partial charge in [0.25, 0.3) is 0 Å². The minimum atomic E-state index is -4.99. The molecular formula is C25H25F7N2O. The highest BCUT2D eigenvalue weighted by atomic mass is 19.4. The molecule has 1 aliphatic rings. The zero-order valence-electron chi connectivity index (χ0n) is 19.4. The van der Waals surface area contributed by atoms with Crippen LogP contribution in [0.1, 0.15) is 59.7 Å². The maximum atomic E-state index is 13.6. The molecule has 2 amide bonds. The number of likely N-dealkylation sites (tertiary alicyclic amines) is 1. The van der Waals surface area contributed by atoms with Crippen molar-refractivity contribution < 1.29 is 35.5 Å². The van der Waals surface area contributed by atoms with E-state index in [9.17, 15) is 35.5 Å². The Labute approximate surface area is 198 Å². The third-order valence-corrected chi connectivity index (χ3v) is 6.38. The fraction of sp³-hybridized carbons (Fsp3) is 0.400. The van der Waals surface area contributed by atoms with Crippen LogP contribution < -0.4 is 0 Å². The van der Waals surface area contributed by atoms with Crippen molar-refractivity contribution in [2.45, 2.75) is 51.1 Å². The summed E-state index contributed by atoms with van der Waals surface area (Å²) in [6, 6.07) is 3.34. The highest BCUT2D eigenvalue weighted by Gasteiger charge is 2.39. The van der Waals surface area contributed by atoms with Gasteiger partial charge in [0.2, 0.25) is 0 Å². The lowest BCUT2D eigenvalue weighted by molar-refractivity contribution is -0.143. The normalized spacial score (nSPS) is 17.9. The number of carbonyl (C=O) groups is 1. The maximum absolute atomic E-state index is 13.6. The second-order valence-corrected chi connectivity index (χ2v) is 8.82. The molecule has 1 saturated heterocycles. The Hall–Kier alpha value is -3.04. The van der Waals surface area contributed by atoms with Crippen molar-refractivity contribution in [1.29, 1.82) is 0 Å². The molecule has 0 radical (unpaired) electrons. The highest BCUT2D eigenvalue weighted by Crippen LogP contribution is 2.40. The molecule has 0 spiro atoms. The van der Waals surface area contributed by atoms with Crippen LogP contribution in [0.4, 0.5) is 35.5 Å². The first kappa shape index (κ1) is 26.6. The number of alkyl halides is 6. The minimum Gasteiger partial charge on any atom is -0.321 e. The van der Waals surface area contributed by atoms with Crippen LogP contribution in [0.15, 0.2) is 48.6 Å². The van der Waals surface area contributed by atoms with Gasteiger partial charge in [0, 0.05) is 13.6 Å². The third-order valence-electron chi connectivity index (χ3n) is 6.38. The molecular weight excluding hydrogens is 477 g/mol. The second-order valence-electron chi connectivity index (χ2n) is 8.82. The average Bonchev–Trinajstić information content (AvgIpc) is 2.76. The number of rotatable bonds is 3. The smallest absolute Gasteiger partial charge is 0.321 e. The molecule has 3 rings (SSSR count). The lowest BCUT2D eigenvalue weighted by atomic mass is 9.90. The van der Waals surface area contributed by atoms with Crippen molar-refractivity contribution in [2.75, 3.05) is 13.6 Å². The molecule has 1 fully saturated rings. The predicted octanol–water partition coefficient (Wildman–Crippen LogP) is 7.68. The topological polar surface area (TPSA) is 23.6 Å². The number of nitrogens with zero attached hydrogens (tertiary/aromatic N) is 2. The number of piperidine rings is 1. The maximum Gasteiger partial charge on any atom is 0.416 e.